The number of carbonyl (C=O) groups is 1. The van der Waals surface area contributed by atoms with Crippen LogP contribution in [0.5, 0.6) is 0 Å². The van der Waals surface area contributed by atoms with Crippen molar-refractivity contribution >= 4 is 28.8 Å². The first kappa shape index (κ1) is 18.8. The second-order valence-corrected chi connectivity index (χ2v) is 6.90. The fourth-order valence-electron chi connectivity index (χ4n) is 2.66. The molecule has 0 aliphatic heterocycles. The van der Waals surface area contributed by atoms with E-state index in [0.29, 0.717) is 10.9 Å². The Balaban J connectivity index is 2.35. The summed E-state index contributed by atoms with van der Waals surface area (Å²) in [5, 5.41) is 0.533. The van der Waals surface area contributed by atoms with E-state index >= 15 is 0 Å². The normalized spacial score (nSPS) is 11.0. The zero-order chi connectivity index (χ0) is 19.7. The molecule has 0 N–H and O–H groups in total. The standard InChI is InChI=1S/C18H18N4O4S/c1-10-7-5-6-8-11(10)14-19-15-13(16(20-14)27-9-12(23)26-4)17(24)22(3)18(25)21(15)2/h5-8H,9H2,1-4H3. The van der Waals surface area contributed by atoms with Crippen molar-refractivity contribution in [3.05, 3.63) is 50.7 Å². The van der Waals surface area contributed by atoms with E-state index < -0.39 is 17.2 Å². The Morgan fingerprint density at radius 1 is 1.15 bits per heavy atom. The monoisotopic (exact) mass is 386 g/mol. The number of thioether (sulfide) groups is 1. The highest BCUT2D eigenvalue weighted by molar-refractivity contribution is 8.00. The average molecular weight is 386 g/mol. The summed E-state index contributed by atoms with van der Waals surface area (Å²) in [6.45, 7) is 1.92. The van der Waals surface area contributed by atoms with E-state index in [1.807, 2.05) is 31.2 Å². The maximum Gasteiger partial charge on any atom is 0.332 e. The lowest BCUT2D eigenvalue weighted by Crippen LogP contribution is -2.37. The van der Waals surface area contributed by atoms with Crippen LogP contribution in [0.2, 0.25) is 0 Å². The highest BCUT2D eigenvalue weighted by Crippen LogP contribution is 2.27. The average Bonchev–Trinajstić information content (AvgIpc) is 2.68. The van der Waals surface area contributed by atoms with Crippen LogP contribution in [0.25, 0.3) is 22.4 Å². The molecule has 8 nitrogen and oxygen atoms in total. The molecule has 3 rings (SSSR count). The number of aromatic nitrogens is 4. The number of fused-ring (bicyclic) bond motifs is 1. The molecule has 9 heteroatoms. The van der Waals surface area contributed by atoms with E-state index in [0.717, 1.165) is 27.5 Å². The molecule has 0 saturated carbocycles. The van der Waals surface area contributed by atoms with Crippen molar-refractivity contribution in [2.24, 2.45) is 14.1 Å². The third-order valence-corrected chi connectivity index (χ3v) is 5.16. The number of nitrogens with zero attached hydrogens (tertiary/aromatic N) is 4. The number of carbonyl (C=O) groups excluding carboxylic acids is 1. The van der Waals surface area contributed by atoms with Gasteiger partial charge in [0.2, 0.25) is 0 Å². The van der Waals surface area contributed by atoms with Gasteiger partial charge in [0.15, 0.2) is 11.5 Å². The summed E-state index contributed by atoms with van der Waals surface area (Å²) in [4.78, 5) is 45.6. The van der Waals surface area contributed by atoms with E-state index in [9.17, 15) is 14.4 Å². The third kappa shape index (κ3) is 3.37. The van der Waals surface area contributed by atoms with Crippen LogP contribution in [0.15, 0.2) is 38.9 Å². The Morgan fingerprint density at radius 3 is 2.52 bits per heavy atom. The lowest BCUT2D eigenvalue weighted by atomic mass is 10.1. The van der Waals surface area contributed by atoms with Gasteiger partial charge in [-0.2, -0.15) is 0 Å². The van der Waals surface area contributed by atoms with Gasteiger partial charge in [-0.3, -0.25) is 18.7 Å². The predicted molar refractivity (Wildman–Crippen MR) is 103 cm³/mol. The fourth-order valence-corrected chi connectivity index (χ4v) is 3.51. The summed E-state index contributed by atoms with van der Waals surface area (Å²) in [7, 11) is 4.24. The summed E-state index contributed by atoms with van der Waals surface area (Å²) in [5.41, 5.74) is 0.980. The van der Waals surface area contributed by atoms with Gasteiger partial charge < -0.3 is 4.74 Å². The first-order valence-corrected chi connectivity index (χ1v) is 9.07. The predicted octanol–water partition coefficient (Wildman–Crippen LogP) is 1.27. The molecule has 27 heavy (non-hydrogen) atoms. The summed E-state index contributed by atoms with van der Waals surface area (Å²) in [6, 6.07) is 7.55. The SMILES string of the molecule is COC(=O)CSc1nc(-c2ccccc2C)nc2c1c(=O)n(C)c(=O)n2C. The van der Waals surface area contributed by atoms with Gasteiger partial charge in [0.25, 0.3) is 5.56 Å². The van der Waals surface area contributed by atoms with Crippen LogP contribution in [0, 0.1) is 6.92 Å². The minimum atomic E-state index is -0.503. The van der Waals surface area contributed by atoms with Gasteiger partial charge in [0.1, 0.15) is 10.4 Å². The molecular weight excluding hydrogens is 368 g/mol. The number of rotatable bonds is 4. The van der Waals surface area contributed by atoms with Crippen molar-refractivity contribution in [1.82, 2.24) is 19.1 Å². The van der Waals surface area contributed by atoms with Crippen molar-refractivity contribution in [3.63, 3.8) is 0 Å². The molecule has 2 aromatic heterocycles. The number of hydrogen-bond acceptors (Lipinski definition) is 7. The van der Waals surface area contributed by atoms with E-state index in [1.165, 1.54) is 18.7 Å². The maximum atomic E-state index is 12.7. The molecule has 0 atom stereocenters. The van der Waals surface area contributed by atoms with E-state index in [2.05, 4.69) is 14.7 Å². The van der Waals surface area contributed by atoms with Crippen molar-refractivity contribution in [2.75, 3.05) is 12.9 Å². The van der Waals surface area contributed by atoms with Crippen molar-refractivity contribution in [3.8, 4) is 11.4 Å². The van der Waals surface area contributed by atoms with Crippen molar-refractivity contribution in [2.45, 2.75) is 11.9 Å². The van der Waals surface area contributed by atoms with Gasteiger partial charge in [-0.1, -0.05) is 36.0 Å². The van der Waals surface area contributed by atoms with Gasteiger partial charge in [-0.05, 0) is 12.5 Å². The zero-order valence-corrected chi connectivity index (χ0v) is 16.2. The summed E-state index contributed by atoms with van der Waals surface area (Å²) < 4.78 is 6.98. The third-order valence-electron chi connectivity index (χ3n) is 4.21. The van der Waals surface area contributed by atoms with E-state index in [1.54, 1.807) is 7.05 Å². The lowest BCUT2D eigenvalue weighted by Gasteiger charge is -2.12. The Labute approximate surface area is 158 Å². The maximum absolute atomic E-state index is 12.7. The molecule has 2 heterocycles. The minimum Gasteiger partial charge on any atom is -0.468 e. The summed E-state index contributed by atoms with van der Waals surface area (Å²) >= 11 is 1.08. The van der Waals surface area contributed by atoms with Crippen LogP contribution in [-0.4, -0.2) is 37.9 Å². The first-order chi connectivity index (χ1) is 12.8. The van der Waals surface area contributed by atoms with Crippen LogP contribution < -0.4 is 11.2 Å². The van der Waals surface area contributed by atoms with Crippen LogP contribution in [0.1, 0.15) is 5.56 Å². The van der Waals surface area contributed by atoms with Gasteiger partial charge >= 0.3 is 11.7 Å². The van der Waals surface area contributed by atoms with Crippen LogP contribution in [-0.2, 0) is 23.6 Å². The first-order valence-electron chi connectivity index (χ1n) is 8.08. The molecule has 0 spiro atoms. The number of esters is 1. The van der Waals surface area contributed by atoms with Gasteiger partial charge in [0.05, 0.1) is 12.9 Å². The molecule has 0 fully saturated rings. The molecule has 140 valence electrons. The van der Waals surface area contributed by atoms with Gasteiger partial charge in [0, 0.05) is 19.7 Å². The molecule has 0 amide bonds. The molecule has 3 aromatic rings. The second kappa shape index (κ2) is 7.36. The number of benzene rings is 1. The van der Waals surface area contributed by atoms with Crippen LogP contribution in [0.4, 0.5) is 0 Å². The van der Waals surface area contributed by atoms with E-state index in [-0.39, 0.29) is 16.8 Å². The Kier molecular flexibility index (Phi) is 5.13. The van der Waals surface area contributed by atoms with Crippen LogP contribution >= 0.6 is 11.8 Å². The highest BCUT2D eigenvalue weighted by atomic mass is 32.2. The summed E-state index contributed by atoms with van der Waals surface area (Å²) in [6.07, 6.45) is 0. The molecule has 1 aromatic carbocycles. The molecule has 0 aliphatic carbocycles. The van der Waals surface area contributed by atoms with Crippen molar-refractivity contribution in [1.29, 1.82) is 0 Å². The fraction of sp³-hybridized carbons (Fsp3) is 0.278. The molecular formula is C18H18N4O4S. The van der Waals surface area contributed by atoms with E-state index in [4.69, 9.17) is 0 Å². The quantitative estimate of drug-likeness (QED) is 0.378. The largest absolute Gasteiger partial charge is 0.468 e. The highest BCUT2D eigenvalue weighted by Gasteiger charge is 2.19. The Bertz CT molecular complexity index is 1170. The number of hydrogen-bond donors (Lipinski definition) is 0. The topological polar surface area (TPSA) is 96.1 Å². The molecule has 0 unspecified atom stereocenters. The van der Waals surface area contributed by atoms with Crippen LogP contribution in [0.3, 0.4) is 0 Å². The number of ether oxygens (including phenoxy) is 1. The molecule has 0 bridgehead atoms. The Hall–Kier alpha value is -2.94. The molecule has 0 saturated heterocycles. The molecule has 0 aliphatic rings. The Morgan fingerprint density at radius 2 is 1.85 bits per heavy atom. The van der Waals surface area contributed by atoms with Crippen molar-refractivity contribution < 1.29 is 9.53 Å². The second-order valence-electron chi connectivity index (χ2n) is 5.94. The molecule has 0 radical (unpaired) electrons. The van der Waals surface area contributed by atoms with Gasteiger partial charge in [-0.15, -0.1) is 0 Å². The minimum absolute atomic E-state index is 0.0121. The van der Waals surface area contributed by atoms with Gasteiger partial charge in [-0.25, -0.2) is 14.8 Å². The summed E-state index contributed by atoms with van der Waals surface area (Å²) in [5.74, 6) is -0.0657. The lowest BCUT2D eigenvalue weighted by molar-refractivity contribution is -0.137. The number of methoxy groups -OCH3 is 1. The number of aryl methyl sites for hydroxylation is 2. The zero-order valence-electron chi connectivity index (χ0n) is 15.3. The smallest absolute Gasteiger partial charge is 0.332 e.